The van der Waals surface area contributed by atoms with Gasteiger partial charge in [0.2, 0.25) is 0 Å². The topological polar surface area (TPSA) is 26.0 Å². The molecule has 1 atom stereocenters. The van der Waals surface area contributed by atoms with Crippen LogP contribution in [0.1, 0.15) is 23.6 Å². The highest BCUT2D eigenvalue weighted by Gasteiger charge is 2.26. The Morgan fingerprint density at radius 2 is 1.67 bits per heavy atom. The number of hydrogen-bond donors (Lipinski definition) is 1. The second kappa shape index (κ2) is 4.50. The minimum absolute atomic E-state index is 0.344. The summed E-state index contributed by atoms with van der Waals surface area (Å²) < 4.78 is 26.6. The van der Waals surface area contributed by atoms with Crippen LogP contribution in [0.2, 0.25) is 0 Å². The number of halogens is 2. The molecule has 2 rings (SSSR count). The van der Waals surface area contributed by atoms with E-state index in [1.54, 1.807) is 25.1 Å². The Hall–Kier alpha value is -1.74. The summed E-state index contributed by atoms with van der Waals surface area (Å²) in [6, 6.07) is 10.6. The van der Waals surface area contributed by atoms with Crippen LogP contribution in [0.3, 0.4) is 0 Å². The van der Waals surface area contributed by atoms with E-state index in [-0.39, 0.29) is 11.6 Å². The van der Waals surface area contributed by atoms with Crippen LogP contribution in [0.5, 0.6) is 0 Å². The zero-order valence-corrected chi connectivity index (χ0v) is 10.4. The first-order valence-corrected chi connectivity index (χ1v) is 5.73. The number of aryl methyl sites for hydroxylation is 1. The zero-order chi connectivity index (χ0) is 13.3. The van der Waals surface area contributed by atoms with Gasteiger partial charge in [-0.3, -0.25) is 0 Å². The second-order valence-electron chi connectivity index (χ2n) is 4.67. The number of nitrogens with two attached hydrogens (primary N) is 1. The van der Waals surface area contributed by atoms with Gasteiger partial charge >= 0.3 is 0 Å². The fraction of sp³-hybridized carbons (Fsp3) is 0.200. The van der Waals surface area contributed by atoms with Gasteiger partial charge in [0.25, 0.3) is 0 Å². The maximum atomic E-state index is 13.3. The Labute approximate surface area is 105 Å². The first kappa shape index (κ1) is 12.7. The molecular formula is C15H15F2N. The van der Waals surface area contributed by atoms with Crippen LogP contribution in [-0.2, 0) is 5.54 Å². The van der Waals surface area contributed by atoms with E-state index >= 15 is 0 Å². The van der Waals surface area contributed by atoms with E-state index in [4.69, 9.17) is 5.73 Å². The lowest BCUT2D eigenvalue weighted by atomic mass is 9.83. The van der Waals surface area contributed by atoms with Crippen LogP contribution in [-0.4, -0.2) is 0 Å². The quantitative estimate of drug-likeness (QED) is 0.863. The van der Waals surface area contributed by atoms with E-state index in [9.17, 15) is 8.78 Å². The smallest absolute Gasteiger partial charge is 0.123 e. The van der Waals surface area contributed by atoms with Gasteiger partial charge in [-0.05, 0) is 54.8 Å². The molecule has 18 heavy (non-hydrogen) atoms. The van der Waals surface area contributed by atoms with Gasteiger partial charge in [0.15, 0.2) is 0 Å². The fourth-order valence-electron chi connectivity index (χ4n) is 2.12. The molecular weight excluding hydrogens is 232 g/mol. The van der Waals surface area contributed by atoms with Gasteiger partial charge in [-0.25, -0.2) is 8.78 Å². The summed E-state index contributed by atoms with van der Waals surface area (Å²) in [4.78, 5) is 0. The molecule has 0 saturated heterocycles. The second-order valence-corrected chi connectivity index (χ2v) is 4.67. The molecule has 0 radical (unpaired) electrons. The summed E-state index contributed by atoms with van der Waals surface area (Å²) in [6.45, 7) is 3.61. The average molecular weight is 247 g/mol. The number of hydrogen-bond acceptors (Lipinski definition) is 1. The van der Waals surface area contributed by atoms with Crippen molar-refractivity contribution in [3.63, 3.8) is 0 Å². The van der Waals surface area contributed by atoms with Gasteiger partial charge in [-0.15, -0.1) is 0 Å². The molecule has 0 aromatic heterocycles. The third-order valence-electron chi connectivity index (χ3n) is 3.18. The van der Waals surface area contributed by atoms with E-state index in [0.717, 1.165) is 5.56 Å². The molecule has 0 aliphatic rings. The third kappa shape index (κ3) is 2.27. The lowest BCUT2D eigenvalue weighted by molar-refractivity contribution is 0.567. The molecule has 3 heteroatoms. The van der Waals surface area contributed by atoms with Crippen molar-refractivity contribution >= 4 is 0 Å². The normalized spacial score (nSPS) is 14.3. The van der Waals surface area contributed by atoms with Gasteiger partial charge < -0.3 is 5.73 Å². The third-order valence-corrected chi connectivity index (χ3v) is 3.18. The van der Waals surface area contributed by atoms with E-state index < -0.39 is 5.54 Å². The first-order chi connectivity index (χ1) is 8.41. The minimum atomic E-state index is -0.922. The van der Waals surface area contributed by atoms with Crippen LogP contribution >= 0.6 is 0 Å². The Bertz CT molecular complexity index is 576. The summed E-state index contributed by atoms with van der Waals surface area (Å²) in [6.07, 6.45) is 0. The van der Waals surface area contributed by atoms with E-state index in [2.05, 4.69) is 0 Å². The predicted octanol–water partition coefficient (Wildman–Crippen LogP) is 3.50. The first-order valence-electron chi connectivity index (χ1n) is 5.73. The Balaban J connectivity index is 2.57. The van der Waals surface area contributed by atoms with Crippen molar-refractivity contribution in [3.05, 3.63) is 70.8 Å². The van der Waals surface area contributed by atoms with Crippen LogP contribution in [0.4, 0.5) is 8.78 Å². The summed E-state index contributed by atoms with van der Waals surface area (Å²) in [5, 5.41) is 0. The molecule has 1 nitrogen and oxygen atoms in total. The summed E-state index contributed by atoms with van der Waals surface area (Å²) in [5.41, 5.74) is 7.50. The molecule has 0 amide bonds. The molecule has 0 fully saturated rings. The van der Waals surface area contributed by atoms with E-state index in [1.807, 2.05) is 6.92 Å². The SMILES string of the molecule is Cc1ccc(F)cc1C(C)(N)c1cccc(F)c1. The Kier molecular flexibility index (Phi) is 3.18. The largest absolute Gasteiger partial charge is 0.318 e. The van der Waals surface area contributed by atoms with Gasteiger partial charge in [-0.1, -0.05) is 18.2 Å². The minimum Gasteiger partial charge on any atom is -0.318 e. The van der Waals surface area contributed by atoms with Gasteiger partial charge in [-0.2, -0.15) is 0 Å². The summed E-state index contributed by atoms with van der Waals surface area (Å²) >= 11 is 0. The summed E-state index contributed by atoms with van der Waals surface area (Å²) in [7, 11) is 0. The van der Waals surface area contributed by atoms with Crippen LogP contribution in [0.25, 0.3) is 0 Å². The number of rotatable bonds is 2. The molecule has 94 valence electrons. The average Bonchev–Trinajstić information content (AvgIpc) is 2.32. The molecule has 1 unspecified atom stereocenters. The highest BCUT2D eigenvalue weighted by atomic mass is 19.1. The fourth-order valence-corrected chi connectivity index (χ4v) is 2.12. The van der Waals surface area contributed by atoms with Crippen LogP contribution in [0, 0.1) is 18.6 Å². The van der Waals surface area contributed by atoms with Crippen molar-refractivity contribution in [3.8, 4) is 0 Å². The van der Waals surface area contributed by atoms with E-state index in [1.165, 1.54) is 24.3 Å². The number of benzene rings is 2. The highest BCUT2D eigenvalue weighted by Crippen LogP contribution is 2.29. The molecule has 2 aromatic carbocycles. The Morgan fingerprint density at radius 3 is 2.33 bits per heavy atom. The zero-order valence-electron chi connectivity index (χ0n) is 10.4. The molecule has 0 bridgehead atoms. The van der Waals surface area contributed by atoms with Crippen LogP contribution in [0.15, 0.2) is 42.5 Å². The molecule has 0 saturated carbocycles. The van der Waals surface area contributed by atoms with Crippen molar-refractivity contribution < 1.29 is 8.78 Å². The maximum Gasteiger partial charge on any atom is 0.123 e. The van der Waals surface area contributed by atoms with Gasteiger partial charge in [0, 0.05) is 0 Å². The van der Waals surface area contributed by atoms with Gasteiger partial charge in [0.1, 0.15) is 11.6 Å². The summed E-state index contributed by atoms with van der Waals surface area (Å²) in [5.74, 6) is -0.693. The highest BCUT2D eigenvalue weighted by molar-refractivity contribution is 5.41. The molecule has 2 aromatic rings. The van der Waals surface area contributed by atoms with Gasteiger partial charge in [0.05, 0.1) is 5.54 Å². The molecule has 0 heterocycles. The maximum absolute atomic E-state index is 13.3. The van der Waals surface area contributed by atoms with Crippen molar-refractivity contribution in [2.24, 2.45) is 5.73 Å². The van der Waals surface area contributed by atoms with Crippen LogP contribution < -0.4 is 5.73 Å². The monoisotopic (exact) mass is 247 g/mol. The lowest BCUT2D eigenvalue weighted by Gasteiger charge is -2.27. The Morgan fingerprint density at radius 1 is 1.00 bits per heavy atom. The van der Waals surface area contributed by atoms with E-state index in [0.29, 0.717) is 11.1 Å². The van der Waals surface area contributed by atoms with Crippen molar-refractivity contribution in [1.29, 1.82) is 0 Å². The standard InChI is InChI=1S/C15H15F2N/c1-10-6-7-13(17)9-14(10)15(2,18)11-4-3-5-12(16)8-11/h3-9H,18H2,1-2H3. The molecule has 2 N–H and O–H groups in total. The van der Waals surface area contributed by atoms with Crippen molar-refractivity contribution in [1.82, 2.24) is 0 Å². The lowest BCUT2D eigenvalue weighted by Crippen LogP contribution is -2.35. The predicted molar refractivity (Wildman–Crippen MR) is 68.2 cm³/mol. The van der Waals surface area contributed by atoms with Crippen molar-refractivity contribution in [2.75, 3.05) is 0 Å². The molecule has 0 aliphatic heterocycles. The molecule has 0 aliphatic carbocycles. The molecule has 0 spiro atoms. The van der Waals surface area contributed by atoms with Crippen molar-refractivity contribution in [2.45, 2.75) is 19.4 Å².